The molecule has 208 valence electrons. The van der Waals surface area contributed by atoms with Crippen LogP contribution in [0.1, 0.15) is 69.4 Å². The van der Waals surface area contributed by atoms with Gasteiger partial charge in [0.1, 0.15) is 12.4 Å². The molecule has 6 rings (SSSR count). The van der Waals surface area contributed by atoms with Crippen LogP contribution in [0.4, 0.5) is 0 Å². The van der Waals surface area contributed by atoms with Crippen LogP contribution in [0.5, 0.6) is 5.75 Å². The maximum Gasteiger partial charge on any atom is 0.251 e. The molecule has 0 spiro atoms. The van der Waals surface area contributed by atoms with Crippen LogP contribution in [-0.4, -0.2) is 25.6 Å². The van der Waals surface area contributed by atoms with Gasteiger partial charge < -0.3 is 14.4 Å². The van der Waals surface area contributed by atoms with E-state index in [4.69, 9.17) is 4.74 Å². The van der Waals surface area contributed by atoms with Crippen molar-refractivity contribution < 1.29 is 9.84 Å². The molecule has 6 heteroatoms. The van der Waals surface area contributed by atoms with E-state index in [9.17, 15) is 9.90 Å². The van der Waals surface area contributed by atoms with E-state index in [1.807, 2.05) is 42.7 Å². The molecule has 4 aromatic rings. The predicted molar refractivity (Wildman–Crippen MR) is 158 cm³/mol. The maximum absolute atomic E-state index is 13.0. The highest BCUT2D eigenvalue weighted by molar-refractivity contribution is 5.70. The number of aromatic nitrogens is 3. The van der Waals surface area contributed by atoms with Crippen molar-refractivity contribution in [3.05, 3.63) is 95.2 Å². The average Bonchev–Trinajstić information content (AvgIpc) is 3.46. The Bertz CT molecular complexity index is 1470. The van der Waals surface area contributed by atoms with Crippen molar-refractivity contribution in [1.29, 1.82) is 0 Å². The minimum Gasteiger partial charge on any atom is -0.488 e. The average molecular weight is 538 g/mol. The molecule has 0 aliphatic heterocycles. The molecule has 0 unspecified atom stereocenters. The van der Waals surface area contributed by atoms with Gasteiger partial charge in [0.25, 0.3) is 5.56 Å². The van der Waals surface area contributed by atoms with Gasteiger partial charge in [-0.25, -0.2) is 0 Å². The van der Waals surface area contributed by atoms with E-state index in [0.29, 0.717) is 6.61 Å². The van der Waals surface area contributed by atoms with E-state index in [-0.39, 0.29) is 11.6 Å². The van der Waals surface area contributed by atoms with Gasteiger partial charge >= 0.3 is 0 Å². The van der Waals surface area contributed by atoms with E-state index in [1.165, 1.54) is 32.1 Å². The molecule has 40 heavy (non-hydrogen) atoms. The lowest BCUT2D eigenvalue weighted by atomic mass is 9.89. The van der Waals surface area contributed by atoms with Crippen LogP contribution in [0, 0.1) is 5.92 Å². The third kappa shape index (κ3) is 6.07. The van der Waals surface area contributed by atoms with Gasteiger partial charge in [-0.1, -0.05) is 74.6 Å². The Balaban J connectivity index is 1.11. The molecule has 0 amide bonds. The molecule has 2 aliphatic rings. The Morgan fingerprint density at radius 3 is 2.42 bits per heavy atom. The lowest BCUT2D eigenvalue weighted by Gasteiger charge is -2.29. The third-order valence-corrected chi connectivity index (χ3v) is 8.68. The first-order valence-corrected chi connectivity index (χ1v) is 14.9. The van der Waals surface area contributed by atoms with Crippen molar-refractivity contribution in [2.24, 2.45) is 5.92 Å². The molecule has 2 aromatic carbocycles. The van der Waals surface area contributed by atoms with Gasteiger partial charge in [-0.2, -0.15) is 5.10 Å². The highest BCUT2D eigenvalue weighted by Crippen LogP contribution is 2.32. The summed E-state index contributed by atoms with van der Waals surface area (Å²) < 4.78 is 10.0. The van der Waals surface area contributed by atoms with Gasteiger partial charge in [-0.3, -0.25) is 9.48 Å². The number of rotatable bonds is 8. The second-order valence-corrected chi connectivity index (χ2v) is 11.5. The first-order valence-electron chi connectivity index (χ1n) is 14.9. The van der Waals surface area contributed by atoms with Gasteiger partial charge in [0, 0.05) is 36.1 Å². The first-order chi connectivity index (χ1) is 19.6. The zero-order valence-electron chi connectivity index (χ0n) is 23.1. The van der Waals surface area contributed by atoms with Gasteiger partial charge in [-0.05, 0) is 60.4 Å². The van der Waals surface area contributed by atoms with Gasteiger partial charge in [0.05, 0.1) is 18.3 Å². The second kappa shape index (κ2) is 12.3. The summed E-state index contributed by atoms with van der Waals surface area (Å²) in [6.45, 7) is 1.45. The van der Waals surface area contributed by atoms with E-state index in [0.717, 1.165) is 71.7 Å². The Morgan fingerprint density at radius 1 is 0.850 bits per heavy atom. The summed E-state index contributed by atoms with van der Waals surface area (Å²) in [7, 11) is 0. The molecule has 0 radical (unpaired) electrons. The molecule has 2 heterocycles. The Kier molecular flexibility index (Phi) is 8.14. The first kappa shape index (κ1) is 26.6. The summed E-state index contributed by atoms with van der Waals surface area (Å²) >= 11 is 0. The second-order valence-electron chi connectivity index (χ2n) is 11.5. The number of aliphatic hydroxyl groups is 1. The highest BCUT2D eigenvalue weighted by Gasteiger charge is 2.25. The van der Waals surface area contributed by atoms with E-state index >= 15 is 0 Å². The van der Waals surface area contributed by atoms with E-state index in [1.54, 1.807) is 10.6 Å². The Labute approximate surface area is 236 Å². The summed E-state index contributed by atoms with van der Waals surface area (Å²) in [4.78, 5) is 13.0. The van der Waals surface area contributed by atoms with Crippen LogP contribution < -0.4 is 10.3 Å². The van der Waals surface area contributed by atoms with Crippen molar-refractivity contribution in [2.75, 3.05) is 0 Å². The fourth-order valence-corrected chi connectivity index (χ4v) is 6.38. The fourth-order valence-electron chi connectivity index (χ4n) is 6.38. The van der Waals surface area contributed by atoms with Crippen LogP contribution in [-0.2, 0) is 13.2 Å². The summed E-state index contributed by atoms with van der Waals surface area (Å²) in [6, 6.07) is 19.8. The number of hydrogen-bond donors (Lipinski definition) is 1. The number of hydrogen-bond acceptors (Lipinski definition) is 4. The summed E-state index contributed by atoms with van der Waals surface area (Å²) in [5.41, 5.74) is 5.00. The SMILES string of the molecule is O=c1cc(-c2ccccc2OCc2ccc(-c3cnn(CC4CCCCC4)c3)cc2)ccn1[C@H]1CCCC[C@@H]1O. The van der Waals surface area contributed by atoms with Crippen molar-refractivity contribution in [3.8, 4) is 28.0 Å². The van der Waals surface area contributed by atoms with Gasteiger partial charge in [-0.15, -0.1) is 0 Å². The number of nitrogens with zero attached hydrogens (tertiary/aromatic N) is 3. The minimum absolute atomic E-state index is 0.0871. The smallest absolute Gasteiger partial charge is 0.251 e. The largest absolute Gasteiger partial charge is 0.488 e. The van der Waals surface area contributed by atoms with Gasteiger partial charge in [0.2, 0.25) is 0 Å². The van der Waals surface area contributed by atoms with E-state index in [2.05, 4.69) is 40.2 Å². The molecule has 2 aliphatic carbocycles. The number of aliphatic hydroxyl groups excluding tert-OH is 1. The number of pyridine rings is 1. The zero-order chi connectivity index (χ0) is 27.3. The lowest BCUT2D eigenvalue weighted by Crippen LogP contribution is -2.34. The van der Waals surface area contributed by atoms with Crippen molar-refractivity contribution in [3.63, 3.8) is 0 Å². The highest BCUT2D eigenvalue weighted by atomic mass is 16.5. The van der Waals surface area contributed by atoms with Crippen LogP contribution in [0.15, 0.2) is 84.0 Å². The molecular formula is C34H39N3O3. The maximum atomic E-state index is 13.0. The molecule has 2 aromatic heterocycles. The molecule has 2 atom stereocenters. The van der Waals surface area contributed by atoms with Gasteiger partial charge in [0.15, 0.2) is 0 Å². The Morgan fingerprint density at radius 2 is 1.62 bits per heavy atom. The number of para-hydroxylation sites is 1. The normalized spacial score (nSPS) is 19.9. The minimum atomic E-state index is -0.461. The quantitative estimate of drug-likeness (QED) is 0.262. The monoisotopic (exact) mass is 537 g/mol. The topological polar surface area (TPSA) is 69.3 Å². The predicted octanol–water partition coefficient (Wildman–Crippen LogP) is 7.01. The van der Waals surface area contributed by atoms with Crippen LogP contribution in [0.2, 0.25) is 0 Å². The van der Waals surface area contributed by atoms with Crippen LogP contribution >= 0.6 is 0 Å². The van der Waals surface area contributed by atoms with Crippen molar-refractivity contribution in [2.45, 2.75) is 83.1 Å². The molecule has 6 nitrogen and oxygen atoms in total. The zero-order valence-corrected chi connectivity index (χ0v) is 23.1. The standard InChI is InChI=1S/C34H39N3O3/c38-32-12-6-5-11-31(32)37-19-18-28(20-34(37)39)30-10-4-7-13-33(30)40-24-26-14-16-27(17-15-26)29-21-35-36(23-29)22-25-8-2-1-3-9-25/h4,7,10,13-21,23,25,31-32,38H,1-3,5-6,8-9,11-12,22,24H2/t31-,32-/m0/s1. The lowest BCUT2D eigenvalue weighted by molar-refractivity contribution is 0.0738. The molecule has 1 N–H and O–H groups in total. The van der Waals surface area contributed by atoms with Crippen LogP contribution in [0.3, 0.4) is 0 Å². The Hall–Kier alpha value is -3.64. The number of ether oxygens (including phenoxy) is 1. The summed E-state index contributed by atoms with van der Waals surface area (Å²) in [5, 5.41) is 15.0. The van der Waals surface area contributed by atoms with Crippen molar-refractivity contribution >= 4 is 0 Å². The van der Waals surface area contributed by atoms with Crippen LogP contribution in [0.25, 0.3) is 22.3 Å². The van der Waals surface area contributed by atoms with E-state index < -0.39 is 6.10 Å². The fraction of sp³-hybridized carbons (Fsp3) is 0.412. The van der Waals surface area contributed by atoms with Crippen molar-refractivity contribution in [1.82, 2.24) is 14.3 Å². The molecule has 2 saturated carbocycles. The summed E-state index contributed by atoms with van der Waals surface area (Å²) in [6.07, 6.45) is 15.9. The molecule has 2 fully saturated rings. The molecular weight excluding hydrogens is 498 g/mol. The summed E-state index contributed by atoms with van der Waals surface area (Å²) in [5.74, 6) is 1.50. The molecule has 0 bridgehead atoms. The molecule has 0 saturated heterocycles. The third-order valence-electron chi connectivity index (χ3n) is 8.68. The number of benzene rings is 2.